The smallest absolute Gasteiger partial charge is 0.196 e. The molecular weight excluding hydrogens is 178 g/mol. The molecule has 0 saturated heterocycles. The van der Waals surface area contributed by atoms with Crippen LogP contribution in [0.4, 0.5) is 5.82 Å². The molecule has 0 aliphatic heterocycles. The summed E-state index contributed by atoms with van der Waals surface area (Å²) in [6, 6.07) is 0. The highest BCUT2D eigenvalue weighted by atomic mass is 16.6. The number of nitrogens with zero attached hydrogens (tertiary/aromatic N) is 2. The molecule has 4 nitrogen and oxygen atoms in total. The lowest BCUT2D eigenvalue weighted by Crippen LogP contribution is -1.91. The second kappa shape index (κ2) is 3.49. The minimum Gasteiger partial charge on any atom is -0.379 e. The number of allylic oxidation sites excluding steroid dienone is 6. The number of aromatic nitrogens is 2. The number of nitrogen functional groups attached to an aromatic ring is 1. The molecule has 0 atom stereocenters. The van der Waals surface area contributed by atoms with Crippen LogP contribution in [0.1, 0.15) is 19.0 Å². The summed E-state index contributed by atoms with van der Waals surface area (Å²) in [5, 5.41) is 7.29. The molecule has 0 radical (unpaired) electrons. The second-order valence-electron chi connectivity index (χ2n) is 3.23. The lowest BCUT2D eigenvalue weighted by atomic mass is 10.1. The largest absolute Gasteiger partial charge is 0.379 e. The van der Waals surface area contributed by atoms with Crippen molar-refractivity contribution in [1.82, 2.24) is 10.3 Å². The highest BCUT2D eigenvalue weighted by Crippen LogP contribution is 2.22. The average Bonchev–Trinajstić information content (AvgIpc) is 2.46. The lowest BCUT2D eigenvalue weighted by molar-refractivity contribution is 0.308. The summed E-state index contributed by atoms with van der Waals surface area (Å²) in [7, 11) is 0. The van der Waals surface area contributed by atoms with Crippen molar-refractivity contribution in [3.8, 4) is 0 Å². The van der Waals surface area contributed by atoms with Gasteiger partial charge in [-0.05, 0) is 23.7 Å². The molecule has 0 spiro atoms. The van der Waals surface area contributed by atoms with E-state index in [4.69, 9.17) is 5.73 Å². The average molecular weight is 189 g/mol. The summed E-state index contributed by atoms with van der Waals surface area (Å²) in [4.78, 5) is 0. The van der Waals surface area contributed by atoms with Crippen molar-refractivity contribution >= 4 is 11.4 Å². The summed E-state index contributed by atoms with van der Waals surface area (Å²) >= 11 is 0. The lowest BCUT2D eigenvalue weighted by Gasteiger charge is -1.95. The fraction of sp³-hybridized carbons (Fsp3) is 0.200. The van der Waals surface area contributed by atoms with Crippen molar-refractivity contribution in [3.63, 3.8) is 0 Å². The summed E-state index contributed by atoms with van der Waals surface area (Å²) in [5.74, 6) is 0.334. The Morgan fingerprint density at radius 2 is 2.29 bits per heavy atom. The van der Waals surface area contributed by atoms with Gasteiger partial charge in [0.1, 0.15) is 0 Å². The van der Waals surface area contributed by atoms with Crippen LogP contribution in [-0.2, 0) is 0 Å². The molecular formula is C10H11N3O. The van der Waals surface area contributed by atoms with E-state index in [1.165, 1.54) is 5.57 Å². The van der Waals surface area contributed by atoms with Gasteiger partial charge in [0.05, 0.1) is 0 Å². The van der Waals surface area contributed by atoms with E-state index in [9.17, 15) is 0 Å². The molecule has 2 rings (SSSR count). The van der Waals surface area contributed by atoms with Crippen LogP contribution >= 0.6 is 0 Å². The molecule has 0 unspecified atom stereocenters. The SMILES string of the molecule is CC1=CC=CC(c2nonc2N)=CC1. The number of anilines is 1. The van der Waals surface area contributed by atoms with Gasteiger partial charge in [-0.2, -0.15) is 0 Å². The Bertz CT molecular complexity index is 426. The van der Waals surface area contributed by atoms with E-state index in [-0.39, 0.29) is 0 Å². The van der Waals surface area contributed by atoms with E-state index in [0.29, 0.717) is 11.5 Å². The van der Waals surface area contributed by atoms with E-state index < -0.39 is 0 Å². The van der Waals surface area contributed by atoms with Gasteiger partial charge in [-0.25, -0.2) is 4.63 Å². The molecule has 0 amide bonds. The summed E-state index contributed by atoms with van der Waals surface area (Å²) < 4.78 is 4.55. The Labute approximate surface area is 81.8 Å². The maximum absolute atomic E-state index is 5.60. The van der Waals surface area contributed by atoms with Gasteiger partial charge in [-0.1, -0.05) is 29.9 Å². The van der Waals surface area contributed by atoms with Gasteiger partial charge in [0.2, 0.25) is 0 Å². The highest BCUT2D eigenvalue weighted by molar-refractivity contribution is 5.77. The van der Waals surface area contributed by atoms with Crippen LogP contribution in [-0.4, -0.2) is 10.3 Å². The van der Waals surface area contributed by atoms with Crippen LogP contribution in [0, 0.1) is 0 Å². The van der Waals surface area contributed by atoms with Crippen LogP contribution in [0.2, 0.25) is 0 Å². The minimum atomic E-state index is 0.334. The molecule has 1 aromatic rings. The predicted molar refractivity (Wildman–Crippen MR) is 54.2 cm³/mol. The Balaban J connectivity index is 2.34. The molecule has 1 aliphatic carbocycles. The Hall–Kier alpha value is -1.84. The first-order valence-electron chi connectivity index (χ1n) is 4.40. The van der Waals surface area contributed by atoms with E-state index in [0.717, 1.165) is 12.0 Å². The second-order valence-corrected chi connectivity index (χ2v) is 3.23. The van der Waals surface area contributed by atoms with Crippen LogP contribution in [0.15, 0.2) is 34.5 Å². The van der Waals surface area contributed by atoms with E-state index in [1.54, 1.807) is 0 Å². The van der Waals surface area contributed by atoms with Crippen molar-refractivity contribution in [2.75, 3.05) is 5.73 Å². The van der Waals surface area contributed by atoms with Crippen molar-refractivity contribution in [1.29, 1.82) is 0 Å². The van der Waals surface area contributed by atoms with Crippen molar-refractivity contribution < 1.29 is 4.63 Å². The van der Waals surface area contributed by atoms with Gasteiger partial charge < -0.3 is 5.73 Å². The topological polar surface area (TPSA) is 64.9 Å². The first kappa shape index (κ1) is 8.74. The maximum Gasteiger partial charge on any atom is 0.196 e. The number of hydrogen-bond donors (Lipinski definition) is 1. The molecule has 1 aliphatic rings. The third-order valence-corrected chi connectivity index (χ3v) is 2.09. The Morgan fingerprint density at radius 1 is 1.43 bits per heavy atom. The van der Waals surface area contributed by atoms with E-state index in [1.807, 2.05) is 12.2 Å². The fourth-order valence-corrected chi connectivity index (χ4v) is 1.29. The third kappa shape index (κ3) is 1.59. The van der Waals surface area contributed by atoms with Gasteiger partial charge >= 0.3 is 0 Å². The molecule has 14 heavy (non-hydrogen) atoms. The normalized spacial score (nSPS) is 16.1. The van der Waals surface area contributed by atoms with Crippen LogP contribution in [0.25, 0.3) is 5.57 Å². The van der Waals surface area contributed by atoms with E-state index in [2.05, 4.69) is 34.0 Å². The minimum absolute atomic E-state index is 0.334. The molecule has 0 bridgehead atoms. The zero-order valence-corrected chi connectivity index (χ0v) is 7.90. The number of hydrogen-bond acceptors (Lipinski definition) is 4. The number of rotatable bonds is 1. The van der Waals surface area contributed by atoms with Crippen LogP contribution in [0.5, 0.6) is 0 Å². The first-order valence-corrected chi connectivity index (χ1v) is 4.40. The number of nitrogens with two attached hydrogens (primary N) is 1. The molecule has 0 fully saturated rings. The van der Waals surface area contributed by atoms with Crippen molar-refractivity contribution in [3.05, 3.63) is 35.6 Å². The highest BCUT2D eigenvalue weighted by Gasteiger charge is 2.10. The van der Waals surface area contributed by atoms with Gasteiger partial charge in [0.15, 0.2) is 11.5 Å². The van der Waals surface area contributed by atoms with Gasteiger partial charge in [-0.15, -0.1) is 0 Å². The molecule has 4 heteroatoms. The fourth-order valence-electron chi connectivity index (χ4n) is 1.29. The van der Waals surface area contributed by atoms with E-state index >= 15 is 0 Å². The van der Waals surface area contributed by atoms with Gasteiger partial charge in [0, 0.05) is 5.57 Å². The first-order chi connectivity index (χ1) is 6.77. The van der Waals surface area contributed by atoms with Crippen LogP contribution < -0.4 is 5.73 Å². The zero-order valence-electron chi connectivity index (χ0n) is 7.90. The summed E-state index contributed by atoms with van der Waals surface area (Å²) in [5.41, 5.74) is 8.47. The zero-order chi connectivity index (χ0) is 9.97. The van der Waals surface area contributed by atoms with Gasteiger partial charge in [0.25, 0.3) is 0 Å². The van der Waals surface area contributed by atoms with Crippen molar-refractivity contribution in [2.45, 2.75) is 13.3 Å². The summed E-state index contributed by atoms with van der Waals surface area (Å²) in [6.07, 6.45) is 8.95. The van der Waals surface area contributed by atoms with Gasteiger partial charge in [-0.3, -0.25) is 0 Å². The van der Waals surface area contributed by atoms with Crippen LogP contribution in [0.3, 0.4) is 0 Å². The molecule has 1 aromatic heterocycles. The van der Waals surface area contributed by atoms with Crippen molar-refractivity contribution in [2.24, 2.45) is 0 Å². The summed E-state index contributed by atoms with van der Waals surface area (Å²) in [6.45, 7) is 2.08. The molecule has 2 N–H and O–H groups in total. The Morgan fingerprint density at radius 3 is 3.00 bits per heavy atom. The standard InChI is InChI=1S/C10H11N3O/c1-7-3-2-4-8(6-5-7)9-10(11)13-14-12-9/h2-4,6H,5H2,1H3,(H2,11,13). The third-order valence-electron chi connectivity index (χ3n) is 2.09. The Kier molecular flexibility index (Phi) is 2.18. The molecule has 72 valence electrons. The molecule has 0 aromatic carbocycles. The molecule has 1 heterocycles. The monoisotopic (exact) mass is 189 g/mol. The molecule has 0 saturated carbocycles. The maximum atomic E-state index is 5.60. The predicted octanol–water partition coefficient (Wildman–Crippen LogP) is 1.94. The quantitative estimate of drug-likeness (QED) is 0.733.